The van der Waals surface area contributed by atoms with Crippen molar-refractivity contribution in [3.8, 4) is 0 Å². The van der Waals surface area contributed by atoms with Crippen molar-refractivity contribution in [2.75, 3.05) is 25.0 Å². The van der Waals surface area contributed by atoms with Gasteiger partial charge in [0.15, 0.2) is 0 Å². The molecule has 1 aromatic heterocycles. The molecule has 0 bridgehead atoms. The van der Waals surface area contributed by atoms with Crippen molar-refractivity contribution < 1.29 is 0 Å². The summed E-state index contributed by atoms with van der Waals surface area (Å²) in [5.41, 5.74) is 1.38. The van der Waals surface area contributed by atoms with Gasteiger partial charge in [-0.15, -0.1) is 0 Å². The molecule has 1 aromatic rings. The molecular weight excluding hydrogens is 331 g/mol. The fourth-order valence-corrected chi connectivity index (χ4v) is 2.23. The van der Waals surface area contributed by atoms with E-state index in [0.29, 0.717) is 9.39 Å². The first kappa shape index (κ1) is 12.6. The quantitative estimate of drug-likeness (QED) is 0.564. The number of nitrogens with one attached hydrogen (secondary N) is 3. The molecule has 1 aliphatic heterocycles. The van der Waals surface area contributed by atoms with E-state index in [0.717, 1.165) is 32.5 Å². The van der Waals surface area contributed by atoms with Gasteiger partial charge in [0.25, 0.3) is 5.56 Å². The molecule has 5 nitrogen and oxygen atoms in total. The summed E-state index contributed by atoms with van der Waals surface area (Å²) >= 11 is 2.01. The lowest BCUT2D eigenvalue weighted by Crippen LogP contribution is -2.21. The average molecular weight is 346 g/mol. The first-order chi connectivity index (χ1) is 8.27. The van der Waals surface area contributed by atoms with Gasteiger partial charge >= 0.3 is 0 Å². The summed E-state index contributed by atoms with van der Waals surface area (Å²) in [6.07, 6.45) is 5.78. The van der Waals surface area contributed by atoms with Crippen LogP contribution in [0.25, 0.3) is 0 Å². The topological polar surface area (TPSA) is 69.8 Å². The maximum absolute atomic E-state index is 11.3. The maximum Gasteiger partial charge on any atom is 0.266 e. The number of nitrogens with zero attached hydrogens (tertiary/aromatic N) is 1. The van der Waals surface area contributed by atoms with E-state index in [2.05, 4.69) is 26.7 Å². The van der Waals surface area contributed by atoms with Crippen molar-refractivity contribution in [2.24, 2.45) is 0 Å². The zero-order valence-electron chi connectivity index (χ0n) is 9.42. The second-order valence-electron chi connectivity index (χ2n) is 3.89. The Morgan fingerprint density at radius 1 is 1.53 bits per heavy atom. The molecule has 1 aliphatic rings. The largest absolute Gasteiger partial charge is 0.369 e. The normalized spacial score (nSPS) is 15.5. The van der Waals surface area contributed by atoms with Crippen molar-refractivity contribution in [1.82, 2.24) is 15.3 Å². The maximum atomic E-state index is 11.3. The van der Waals surface area contributed by atoms with Crippen molar-refractivity contribution >= 4 is 28.4 Å². The minimum Gasteiger partial charge on any atom is -0.369 e. The molecule has 0 aliphatic carbocycles. The van der Waals surface area contributed by atoms with E-state index >= 15 is 0 Å². The molecule has 0 amide bonds. The smallest absolute Gasteiger partial charge is 0.266 e. The van der Waals surface area contributed by atoms with Gasteiger partial charge in [-0.3, -0.25) is 4.79 Å². The molecule has 0 fully saturated rings. The van der Waals surface area contributed by atoms with Crippen LogP contribution in [0.4, 0.5) is 5.82 Å². The summed E-state index contributed by atoms with van der Waals surface area (Å²) in [6, 6.07) is 0. The van der Waals surface area contributed by atoms with Gasteiger partial charge in [0.05, 0.1) is 6.33 Å². The summed E-state index contributed by atoms with van der Waals surface area (Å²) in [6.45, 7) is 2.85. The fraction of sp³-hybridized carbons (Fsp3) is 0.455. The molecule has 92 valence electrons. The second kappa shape index (κ2) is 6.15. The van der Waals surface area contributed by atoms with Crippen LogP contribution >= 0.6 is 22.6 Å². The van der Waals surface area contributed by atoms with Crippen LogP contribution in [-0.2, 0) is 0 Å². The Bertz CT molecular complexity index is 469. The van der Waals surface area contributed by atoms with E-state index in [1.807, 2.05) is 22.6 Å². The number of H-pyrrole nitrogens is 1. The minimum absolute atomic E-state index is 0.0934. The molecule has 0 saturated heterocycles. The molecular formula is C11H15IN4O. The lowest BCUT2D eigenvalue weighted by atomic mass is 10.1. The summed E-state index contributed by atoms with van der Waals surface area (Å²) in [5, 5.41) is 6.48. The summed E-state index contributed by atoms with van der Waals surface area (Å²) in [7, 11) is 0. The van der Waals surface area contributed by atoms with E-state index in [9.17, 15) is 4.79 Å². The Morgan fingerprint density at radius 2 is 2.41 bits per heavy atom. The summed E-state index contributed by atoms with van der Waals surface area (Å²) in [4.78, 5) is 18.0. The number of rotatable bonds is 4. The van der Waals surface area contributed by atoms with Gasteiger partial charge in [-0.2, -0.15) is 0 Å². The number of halogens is 1. The summed E-state index contributed by atoms with van der Waals surface area (Å²) in [5.74, 6) is 0.670. The highest BCUT2D eigenvalue weighted by molar-refractivity contribution is 14.1. The number of hydrogen-bond donors (Lipinski definition) is 3. The van der Waals surface area contributed by atoms with Gasteiger partial charge in [-0.05, 0) is 42.0 Å². The monoisotopic (exact) mass is 346 g/mol. The first-order valence-electron chi connectivity index (χ1n) is 5.63. The van der Waals surface area contributed by atoms with Crippen LogP contribution in [0.1, 0.15) is 12.8 Å². The minimum atomic E-state index is -0.0934. The molecule has 2 heterocycles. The molecule has 6 heteroatoms. The third-order valence-electron chi connectivity index (χ3n) is 2.69. The highest BCUT2D eigenvalue weighted by Crippen LogP contribution is 2.12. The van der Waals surface area contributed by atoms with E-state index < -0.39 is 0 Å². The van der Waals surface area contributed by atoms with E-state index in [1.165, 1.54) is 11.9 Å². The molecule has 0 unspecified atom stereocenters. The van der Waals surface area contributed by atoms with Gasteiger partial charge in [0.2, 0.25) is 0 Å². The molecule has 0 spiro atoms. The lowest BCUT2D eigenvalue weighted by molar-refractivity contribution is 0.683. The zero-order valence-corrected chi connectivity index (χ0v) is 11.6. The average Bonchev–Trinajstić information content (AvgIpc) is 2.36. The Labute approximate surface area is 113 Å². The summed E-state index contributed by atoms with van der Waals surface area (Å²) < 4.78 is 0.615. The van der Waals surface area contributed by atoms with Gasteiger partial charge in [0.1, 0.15) is 9.39 Å². The third kappa shape index (κ3) is 3.53. The molecule has 0 radical (unpaired) electrons. The molecule has 0 saturated carbocycles. The van der Waals surface area contributed by atoms with Crippen molar-refractivity contribution in [3.63, 3.8) is 0 Å². The van der Waals surface area contributed by atoms with Crippen LogP contribution in [0.5, 0.6) is 0 Å². The van der Waals surface area contributed by atoms with E-state index in [-0.39, 0.29) is 5.56 Å². The number of hydrogen-bond acceptors (Lipinski definition) is 4. The Balaban J connectivity index is 1.87. The van der Waals surface area contributed by atoms with Gasteiger partial charge in [0, 0.05) is 13.1 Å². The van der Waals surface area contributed by atoms with Gasteiger partial charge < -0.3 is 15.6 Å². The van der Waals surface area contributed by atoms with Crippen molar-refractivity contribution in [3.05, 3.63) is 31.9 Å². The van der Waals surface area contributed by atoms with Crippen LogP contribution in [0, 0.1) is 3.57 Å². The van der Waals surface area contributed by atoms with Crippen LogP contribution in [0.2, 0.25) is 0 Å². The number of aromatic amines is 1. The second-order valence-corrected chi connectivity index (χ2v) is 4.97. The van der Waals surface area contributed by atoms with Gasteiger partial charge in [-0.1, -0.05) is 11.6 Å². The highest BCUT2D eigenvalue weighted by Gasteiger charge is 2.06. The fourth-order valence-electron chi connectivity index (χ4n) is 1.74. The third-order valence-corrected chi connectivity index (χ3v) is 3.69. The van der Waals surface area contributed by atoms with Crippen LogP contribution in [-0.4, -0.2) is 29.6 Å². The standard InChI is InChI=1S/C11H15IN4O/c12-9-10(15-7-16-11(9)17)14-6-3-8-1-4-13-5-2-8/h1,7,13H,2-6H2,(H2,14,15,16,17). The molecule has 0 aromatic carbocycles. The van der Waals surface area contributed by atoms with Crippen LogP contribution < -0.4 is 16.2 Å². The molecule has 17 heavy (non-hydrogen) atoms. The number of aromatic nitrogens is 2. The van der Waals surface area contributed by atoms with E-state index in [1.54, 1.807) is 0 Å². The molecule has 3 N–H and O–H groups in total. The Kier molecular flexibility index (Phi) is 4.55. The van der Waals surface area contributed by atoms with Crippen molar-refractivity contribution in [2.45, 2.75) is 12.8 Å². The predicted molar refractivity (Wildman–Crippen MR) is 76.3 cm³/mol. The highest BCUT2D eigenvalue weighted by atomic mass is 127. The lowest BCUT2D eigenvalue weighted by Gasteiger charge is -2.14. The van der Waals surface area contributed by atoms with E-state index in [4.69, 9.17) is 0 Å². The Morgan fingerprint density at radius 3 is 3.18 bits per heavy atom. The zero-order chi connectivity index (χ0) is 12.1. The Hall–Kier alpha value is -0.890. The van der Waals surface area contributed by atoms with Crippen molar-refractivity contribution in [1.29, 1.82) is 0 Å². The van der Waals surface area contributed by atoms with Crippen LogP contribution in [0.3, 0.4) is 0 Å². The SMILES string of the molecule is O=c1[nH]cnc(NCCC2=CCNCC2)c1I. The van der Waals surface area contributed by atoms with Crippen LogP contribution in [0.15, 0.2) is 22.8 Å². The van der Waals surface area contributed by atoms with Gasteiger partial charge in [-0.25, -0.2) is 4.98 Å². The molecule has 2 rings (SSSR count). The molecule has 0 atom stereocenters. The predicted octanol–water partition coefficient (Wildman–Crippen LogP) is 1.10. The number of anilines is 1. The first-order valence-corrected chi connectivity index (χ1v) is 6.71.